The predicted octanol–water partition coefficient (Wildman–Crippen LogP) is 4.53. The van der Waals surface area contributed by atoms with Gasteiger partial charge in [0, 0.05) is 30.8 Å². The van der Waals surface area contributed by atoms with Crippen LogP contribution in [0.2, 0.25) is 0 Å². The van der Waals surface area contributed by atoms with Crippen molar-refractivity contribution in [2.45, 2.75) is 27.3 Å². The van der Waals surface area contributed by atoms with E-state index in [0.29, 0.717) is 30.3 Å². The molecule has 3 aromatic rings. The second-order valence-electron chi connectivity index (χ2n) is 7.99. The molecule has 0 atom stereocenters. The van der Waals surface area contributed by atoms with Gasteiger partial charge in [0.2, 0.25) is 5.95 Å². The number of hydrogen-bond donors (Lipinski definition) is 2. The van der Waals surface area contributed by atoms with Crippen LogP contribution in [0.4, 0.5) is 31.0 Å². The summed E-state index contributed by atoms with van der Waals surface area (Å²) in [6.45, 7) is 8.95. The average Bonchev–Trinajstić information content (AvgIpc) is 2.83. The van der Waals surface area contributed by atoms with E-state index in [-0.39, 0.29) is 12.4 Å². The first-order chi connectivity index (χ1) is 16.5. The molecule has 1 aromatic heterocycles. The van der Waals surface area contributed by atoms with Gasteiger partial charge in [-0.1, -0.05) is 37.3 Å². The Morgan fingerprint density at radius 1 is 1.09 bits per heavy atom. The van der Waals surface area contributed by atoms with Gasteiger partial charge >= 0.3 is 6.03 Å². The zero-order chi connectivity index (χ0) is 24.2. The third-order valence-electron chi connectivity index (χ3n) is 5.84. The third-order valence-corrected chi connectivity index (χ3v) is 5.84. The molecule has 4 rings (SSSR count). The van der Waals surface area contributed by atoms with E-state index in [1.807, 2.05) is 49.9 Å². The van der Waals surface area contributed by atoms with Crippen molar-refractivity contribution in [1.29, 1.82) is 0 Å². The van der Waals surface area contributed by atoms with Gasteiger partial charge in [0.25, 0.3) is 0 Å². The number of para-hydroxylation sites is 1. The number of benzene rings is 2. The van der Waals surface area contributed by atoms with E-state index in [9.17, 15) is 13.6 Å². The lowest BCUT2D eigenvalue weighted by Crippen LogP contribution is -2.43. The molecule has 1 aliphatic rings. The molecule has 7 nitrogen and oxygen atoms in total. The minimum atomic E-state index is -0.847. The average molecular weight is 467 g/mol. The lowest BCUT2D eigenvalue weighted by atomic mass is 10.00. The molecule has 0 saturated heterocycles. The number of nitrogens with zero attached hydrogens (tertiary/aromatic N) is 4. The van der Waals surface area contributed by atoms with Crippen molar-refractivity contribution in [3.05, 3.63) is 65.2 Å². The normalized spacial score (nSPS) is 13.0. The Morgan fingerprint density at radius 3 is 2.50 bits per heavy atom. The molecule has 0 spiro atoms. The summed E-state index contributed by atoms with van der Waals surface area (Å²) in [6.07, 6.45) is 0. The van der Waals surface area contributed by atoms with Crippen LogP contribution in [0.25, 0.3) is 11.3 Å². The Balaban J connectivity index is 1.95. The molecule has 2 amide bonds. The molecule has 0 unspecified atom stereocenters. The van der Waals surface area contributed by atoms with E-state index in [4.69, 9.17) is 4.98 Å². The third kappa shape index (κ3) is 4.43. The number of anilines is 3. The van der Waals surface area contributed by atoms with Gasteiger partial charge < -0.3 is 15.5 Å². The topological polar surface area (TPSA) is 73.4 Å². The summed E-state index contributed by atoms with van der Waals surface area (Å²) in [4.78, 5) is 25.5. The number of rotatable bonds is 8. The minimum Gasteiger partial charge on any atom is -0.340 e. The first kappa shape index (κ1) is 23.6. The second kappa shape index (κ2) is 10.1. The minimum absolute atomic E-state index is 0.147. The zero-order valence-electron chi connectivity index (χ0n) is 19.5. The van der Waals surface area contributed by atoms with Gasteiger partial charge in [-0.3, -0.25) is 0 Å². The summed E-state index contributed by atoms with van der Waals surface area (Å²) in [7, 11) is 0. The molecule has 0 aliphatic carbocycles. The summed E-state index contributed by atoms with van der Waals surface area (Å²) >= 11 is 0. The fraction of sp³-hybridized carbons (Fsp3) is 0.320. The number of carbonyl (C=O) groups excluding carboxylic acids is 1. The Hall–Kier alpha value is -3.59. The van der Waals surface area contributed by atoms with E-state index >= 15 is 0 Å². The Labute approximate surface area is 197 Å². The van der Waals surface area contributed by atoms with Crippen LogP contribution in [0.15, 0.2) is 42.5 Å². The highest BCUT2D eigenvalue weighted by Crippen LogP contribution is 2.39. The van der Waals surface area contributed by atoms with Gasteiger partial charge in [0.1, 0.15) is 17.3 Å². The van der Waals surface area contributed by atoms with Gasteiger partial charge in [0.15, 0.2) is 5.82 Å². The highest BCUT2D eigenvalue weighted by molar-refractivity contribution is 6.02. The molecule has 34 heavy (non-hydrogen) atoms. The SMILES string of the molecule is CCNCCN(CC)c1nc(-c2ccccc2C)c2c(n1)N(c1c(F)cccc1F)C(=O)NC2. The zero-order valence-corrected chi connectivity index (χ0v) is 19.5. The number of hydrogen-bond acceptors (Lipinski definition) is 5. The molecule has 0 bridgehead atoms. The van der Waals surface area contributed by atoms with Crippen molar-refractivity contribution in [3.8, 4) is 11.3 Å². The van der Waals surface area contributed by atoms with Crippen molar-refractivity contribution in [2.75, 3.05) is 36.0 Å². The quantitative estimate of drug-likeness (QED) is 0.478. The Morgan fingerprint density at radius 2 is 1.82 bits per heavy atom. The van der Waals surface area contributed by atoms with Crippen LogP contribution < -0.4 is 20.4 Å². The standard InChI is InChI=1S/C25H28F2N6O/c1-4-28-13-14-32(5-2)24-30-21(17-10-7-6-9-16(17)3)18-15-29-25(34)33(23(18)31-24)22-19(26)11-8-12-20(22)27/h6-12,28H,4-5,13-15H2,1-3H3,(H,29,34). The van der Waals surface area contributed by atoms with Crippen LogP contribution in [0.3, 0.4) is 0 Å². The first-order valence-corrected chi connectivity index (χ1v) is 11.4. The number of carbonyl (C=O) groups is 1. The van der Waals surface area contributed by atoms with Gasteiger partial charge in [0.05, 0.1) is 12.2 Å². The molecular weight excluding hydrogens is 438 g/mol. The van der Waals surface area contributed by atoms with Crippen molar-refractivity contribution < 1.29 is 13.6 Å². The van der Waals surface area contributed by atoms with Gasteiger partial charge in [-0.25, -0.2) is 23.5 Å². The fourth-order valence-electron chi connectivity index (χ4n) is 4.05. The lowest BCUT2D eigenvalue weighted by Gasteiger charge is -2.32. The monoisotopic (exact) mass is 466 g/mol. The Kier molecular flexibility index (Phi) is 7.02. The molecule has 1 aliphatic heterocycles. The van der Waals surface area contributed by atoms with Crippen LogP contribution in [-0.4, -0.2) is 42.2 Å². The molecule has 178 valence electrons. The fourth-order valence-corrected chi connectivity index (χ4v) is 4.05. The molecule has 2 N–H and O–H groups in total. The second-order valence-corrected chi connectivity index (χ2v) is 7.99. The van der Waals surface area contributed by atoms with Crippen LogP contribution in [0.5, 0.6) is 0 Å². The van der Waals surface area contributed by atoms with E-state index < -0.39 is 23.4 Å². The number of nitrogens with one attached hydrogen (secondary N) is 2. The van der Waals surface area contributed by atoms with Crippen LogP contribution >= 0.6 is 0 Å². The highest BCUT2D eigenvalue weighted by atomic mass is 19.1. The van der Waals surface area contributed by atoms with Crippen LogP contribution in [0.1, 0.15) is 25.0 Å². The number of aromatic nitrogens is 2. The molecule has 9 heteroatoms. The molecule has 0 fully saturated rings. The van der Waals surface area contributed by atoms with Gasteiger partial charge in [-0.15, -0.1) is 0 Å². The summed E-state index contributed by atoms with van der Waals surface area (Å²) in [5, 5.41) is 6.01. The summed E-state index contributed by atoms with van der Waals surface area (Å²) in [5.41, 5.74) is 2.63. The number of halogens is 2. The maximum Gasteiger partial charge on any atom is 0.328 e. The van der Waals surface area contributed by atoms with Crippen molar-refractivity contribution in [2.24, 2.45) is 0 Å². The number of aryl methyl sites for hydroxylation is 1. The maximum absolute atomic E-state index is 14.8. The number of amides is 2. The smallest absolute Gasteiger partial charge is 0.328 e. The van der Waals surface area contributed by atoms with E-state index in [1.54, 1.807) is 0 Å². The summed E-state index contributed by atoms with van der Waals surface area (Å²) < 4.78 is 29.6. The van der Waals surface area contributed by atoms with Gasteiger partial charge in [-0.2, -0.15) is 4.98 Å². The first-order valence-electron chi connectivity index (χ1n) is 11.4. The van der Waals surface area contributed by atoms with Crippen molar-refractivity contribution in [3.63, 3.8) is 0 Å². The van der Waals surface area contributed by atoms with Crippen LogP contribution in [0, 0.1) is 18.6 Å². The molecule has 0 radical (unpaired) electrons. The number of urea groups is 1. The van der Waals surface area contributed by atoms with E-state index in [0.717, 1.165) is 41.2 Å². The summed E-state index contributed by atoms with van der Waals surface area (Å²) in [6, 6.07) is 10.6. The maximum atomic E-state index is 14.8. The highest BCUT2D eigenvalue weighted by Gasteiger charge is 2.34. The van der Waals surface area contributed by atoms with Crippen LogP contribution in [-0.2, 0) is 6.54 Å². The largest absolute Gasteiger partial charge is 0.340 e. The van der Waals surface area contributed by atoms with E-state index in [1.165, 1.54) is 6.07 Å². The summed E-state index contributed by atoms with van der Waals surface area (Å²) in [5.74, 6) is -1.12. The van der Waals surface area contributed by atoms with Crippen molar-refractivity contribution in [1.82, 2.24) is 20.6 Å². The molecular formula is C25H28F2N6O. The molecule has 2 heterocycles. The van der Waals surface area contributed by atoms with Crippen molar-refractivity contribution >= 4 is 23.5 Å². The molecule has 0 saturated carbocycles. The Bertz CT molecular complexity index is 1180. The van der Waals surface area contributed by atoms with E-state index in [2.05, 4.69) is 15.6 Å². The molecule has 2 aromatic carbocycles. The predicted molar refractivity (Wildman–Crippen MR) is 129 cm³/mol. The van der Waals surface area contributed by atoms with Gasteiger partial charge in [-0.05, 0) is 38.1 Å². The lowest BCUT2D eigenvalue weighted by molar-refractivity contribution is 0.246. The number of likely N-dealkylation sites (N-methyl/N-ethyl adjacent to an activating group) is 2. The number of fused-ring (bicyclic) bond motifs is 1.